The number of methoxy groups -OCH3 is 2. The lowest BCUT2D eigenvalue weighted by atomic mass is 10.0. The second-order valence-corrected chi connectivity index (χ2v) is 7.40. The molecule has 1 N–H and O–H groups in total. The van der Waals surface area contributed by atoms with Crippen LogP contribution in [-0.4, -0.2) is 29.2 Å². The molecule has 0 aliphatic carbocycles. The van der Waals surface area contributed by atoms with Crippen LogP contribution in [0.4, 0.5) is 0 Å². The van der Waals surface area contributed by atoms with Crippen LogP contribution in [0.1, 0.15) is 12.5 Å². The molecule has 1 atom stereocenters. The number of benzene rings is 2. The standard InChI is InChI=1S/C18H23NO4S/c1-14(11-15-7-5-4-6-8-15)13-19-24(20,21)18-12-16(22-2)9-10-17(18)23-3/h4-10,12,14,19H,11,13H2,1-3H3. The lowest BCUT2D eigenvalue weighted by molar-refractivity contribution is 0.391. The maximum Gasteiger partial charge on any atom is 0.244 e. The molecular weight excluding hydrogens is 326 g/mol. The number of hydrogen-bond donors (Lipinski definition) is 1. The highest BCUT2D eigenvalue weighted by Crippen LogP contribution is 2.28. The highest BCUT2D eigenvalue weighted by molar-refractivity contribution is 7.89. The van der Waals surface area contributed by atoms with Crippen molar-refractivity contribution in [1.82, 2.24) is 4.72 Å². The summed E-state index contributed by atoms with van der Waals surface area (Å²) in [6.07, 6.45) is 0.804. The number of hydrogen-bond acceptors (Lipinski definition) is 4. The Bertz CT molecular complexity index is 760. The van der Waals surface area contributed by atoms with E-state index in [1.54, 1.807) is 12.1 Å². The van der Waals surface area contributed by atoms with Gasteiger partial charge in [-0.15, -0.1) is 0 Å². The summed E-state index contributed by atoms with van der Waals surface area (Å²) in [5.74, 6) is 0.922. The van der Waals surface area contributed by atoms with E-state index in [4.69, 9.17) is 9.47 Å². The maximum atomic E-state index is 12.6. The maximum absolute atomic E-state index is 12.6. The van der Waals surface area contributed by atoms with Gasteiger partial charge in [-0.25, -0.2) is 13.1 Å². The van der Waals surface area contributed by atoms with Crippen LogP contribution in [0.2, 0.25) is 0 Å². The third kappa shape index (κ3) is 4.72. The first-order valence-corrected chi connectivity index (χ1v) is 9.20. The molecule has 0 bridgehead atoms. The molecule has 130 valence electrons. The fourth-order valence-electron chi connectivity index (χ4n) is 2.41. The summed E-state index contributed by atoms with van der Waals surface area (Å²) < 4.78 is 38.1. The van der Waals surface area contributed by atoms with Gasteiger partial charge in [-0.1, -0.05) is 37.3 Å². The minimum absolute atomic E-state index is 0.0799. The average Bonchev–Trinajstić information content (AvgIpc) is 2.60. The zero-order valence-corrected chi connectivity index (χ0v) is 15.0. The molecule has 0 fully saturated rings. The van der Waals surface area contributed by atoms with E-state index < -0.39 is 10.0 Å². The number of ether oxygens (including phenoxy) is 2. The van der Waals surface area contributed by atoms with Crippen LogP contribution in [0.25, 0.3) is 0 Å². The largest absolute Gasteiger partial charge is 0.497 e. The zero-order chi connectivity index (χ0) is 17.6. The van der Waals surface area contributed by atoms with E-state index in [0.29, 0.717) is 18.0 Å². The summed E-state index contributed by atoms with van der Waals surface area (Å²) in [4.78, 5) is 0.0799. The first kappa shape index (κ1) is 18.3. The molecule has 0 saturated carbocycles. The van der Waals surface area contributed by atoms with Crippen molar-refractivity contribution < 1.29 is 17.9 Å². The lowest BCUT2D eigenvalue weighted by Crippen LogP contribution is -2.29. The van der Waals surface area contributed by atoms with Crippen molar-refractivity contribution in [1.29, 1.82) is 0 Å². The van der Waals surface area contributed by atoms with Gasteiger partial charge in [0, 0.05) is 12.6 Å². The van der Waals surface area contributed by atoms with Crippen LogP contribution < -0.4 is 14.2 Å². The van der Waals surface area contributed by atoms with Gasteiger partial charge in [-0.2, -0.15) is 0 Å². The lowest BCUT2D eigenvalue weighted by Gasteiger charge is -2.15. The van der Waals surface area contributed by atoms with Gasteiger partial charge in [-0.3, -0.25) is 0 Å². The van der Waals surface area contributed by atoms with E-state index >= 15 is 0 Å². The predicted octanol–water partition coefficient (Wildman–Crippen LogP) is 2.86. The Morgan fingerprint density at radius 3 is 2.38 bits per heavy atom. The molecule has 0 saturated heterocycles. The van der Waals surface area contributed by atoms with Crippen molar-refractivity contribution in [3.8, 4) is 11.5 Å². The molecule has 0 aromatic heterocycles. The third-order valence-corrected chi connectivity index (χ3v) is 5.15. The van der Waals surface area contributed by atoms with Gasteiger partial charge in [0.1, 0.15) is 16.4 Å². The minimum atomic E-state index is -3.68. The second kappa shape index (κ2) is 8.17. The molecule has 0 aliphatic heterocycles. The van der Waals surface area contributed by atoms with Gasteiger partial charge < -0.3 is 9.47 Å². The van der Waals surface area contributed by atoms with Gasteiger partial charge in [0.2, 0.25) is 10.0 Å². The number of rotatable bonds is 8. The van der Waals surface area contributed by atoms with Crippen LogP contribution in [0, 0.1) is 5.92 Å². The highest BCUT2D eigenvalue weighted by Gasteiger charge is 2.21. The first-order valence-electron chi connectivity index (χ1n) is 7.72. The molecule has 5 nitrogen and oxygen atoms in total. The summed E-state index contributed by atoms with van der Waals surface area (Å²) in [7, 11) is -0.741. The Morgan fingerprint density at radius 1 is 1.04 bits per heavy atom. The Hall–Kier alpha value is -2.05. The van der Waals surface area contributed by atoms with Gasteiger partial charge in [0.25, 0.3) is 0 Å². The number of sulfonamides is 1. The Kier molecular flexibility index (Phi) is 6.23. The monoisotopic (exact) mass is 349 g/mol. The van der Waals surface area contributed by atoms with Crippen molar-refractivity contribution in [3.05, 3.63) is 54.1 Å². The van der Waals surface area contributed by atoms with E-state index in [2.05, 4.69) is 4.72 Å². The topological polar surface area (TPSA) is 64.6 Å². The van der Waals surface area contributed by atoms with Gasteiger partial charge >= 0.3 is 0 Å². The van der Waals surface area contributed by atoms with Gasteiger partial charge in [0.05, 0.1) is 14.2 Å². The summed E-state index contributed by atoms with van der Waals surface area (Å²) in [5.41, 5.74) is 1.18. The van der Waals surface area contributed by atoms with Crippen LogP contribution in [0.5, 0.6) is 11.5 Å². The summed E-state index contributed by atoms with van der Waals surface area (Å²) in [5, 5.41) is 0. The molecule has 0 aliphatic rings. The smallest absolute Gasteiger partial charge is 0.244 e. The normalized spacial score (nSPS) is 12.6. The van der Waals surface area contributed by atoms with Gasteiger partial charge in [-0.05, 0) is 30.0 Å². The molecule has 6 heteroatoms. The van der Waals surface area contributed by atoms with Gasteiger partial charge in [0.15, 0.2) is 0 Å². The van der Waals surface area contributed by atoms with E-state index in [1.165, 1.54) is 25.8 Å². The van der Waals surface area contributed by atoms with E-state index in [-0.39, 0.29) is 10.8 Å². The van der Waals surface area contributed by atoms with Crippen molar-refractivity contribution in [3.63, 3.8) is 0 Å². The zero-order valence-electron chi connectivity index (χ0n) is 14.2. The summed E-state index contributed by atoms with van der Waals surface area (Å²) in [6.45, 7) is 2.36. The van der Waals surface area contributed by atoms with Crippen LogP contribution in [0.3, 0.4) is 0 Å². The first-order chi connectivity index (χ1) is 11.5. The molecule has 0 heterocycles. The molecule has 2 rings (SSSR count). The fourth-order valence-corrected chi connectivity index (χ4v) is 3.76. The quantitative estimate of drug-likeness (QED) is 0.796. The Balaban J connectivity index is 2.08. The SMILES string of the molecule is COc1ccc(OC)c(S(=O)(=O)NCC(C)Cc2ccccc2)c1. The fraction of sp³-hybridized carbons (Fsp3) is 0.333. The van der Waals surface area contributed by atoms with Crippen molar-refractivity contribution in [2.75, 3.05) is 20.8 Å². The van der Waals surface area contributed by atoms with Crippen LogP contribution >= 0.6 is 0 Å². The highest BCUT2D eigenvalue weighted by atomic mass is 32.2. The molecule has 2 aromatic carbocycles. The molecule has 0 radical (unpaired) electrons. The molecule has 0 amide bonds. The van der Waals surface area contributed by atoms with Crippen LogP contribution in [0.15, 0.2) is 53.4 Å². The third-order valence-electron chi connectivity index (χ3n) is 3.71. The molecule has 1 unspecified atom stereocenters. The minimum Gasteiger partial charge on any atom is -0.497 e. The Morgan fingerprint density at radius 2 is 1.75 bits per heavy atom. The second-order valence-electron chi connectivity index (χ2n) is 5.66. The summed E-state index contributed by atoms with van der Waals surface area (Å²) in [6, 6.07) is 14.7. The average molecular weight is 349 g/mol. The van der Waals surface area contributed by atoms with E-state index in [9.17, 15) is 8.42 Å². The molecular formula is C18H23NO4S. The van der Waals surface area contributed by atoms with E-state index in [1.807, 2.05) is 37.3 Å². The van der Waals surface area contributed by atoms with Crippen molar-refractivity contribution in [2.24, 2.45) is 5.92 Å². The van der Waals surface area contributed by atoms with Crippen LogP contribution in [-0.2, 0) is 16.4 Å². The Labute approximate surface area is 143 Å². The van der Waals surface area contributed by atoms with E-state index in [0.717, 1.165) is 6.42 Å². The number of nitrogens with one attached hydrogen (secondary N) is 1. The van der Waals surface area contributed by atoms with Crippen molar-refractivity contribution in [2.45, 2.75) is 18.2 Å². The molecule has 0 spiro atoms. The summed E-state index contributed by atoms with van der Waals surface area (Å²) >= 11 is 0. The predicted molar refractivity (Wildman–Crippen MR) is 94.0 cm³/mol. The molecule has 24 heavy (non-hydrogen) atoms. The molecule has 2 aromatic rings. The van der Waals surface area contributed by atoms with Crippen molar-refractivity contribution >= 4 is 10.0 Å².